The Morgan fingerprint density at radius 3 is 3.00 bits per heavy atom. The van der Waals surface area contributed by atoms with Crippen LogP contribution in [-0.2, 0) is 6.42 Å². The van der Waals surface area contributed by atoms with Gasteiger partial charge in [-0.3, -0.25) is 10.1 Å². The maximum atomic E-state index is 11.6. The highest BCUT2D eigenvalue weighted by atomic mass is 32.1. The van der Waals surface area contributed by atoms with E-state index >= 15 is 0 Å². The van der Waals surface area contributed by atoms with Crippen molar-refractivity contribution >= 4 is 23.5 Å². The van der Waals surface area contributed by atoms with Crippen LogP contribution in [0.25, 0.3) is 0 Å². The van der Waals surface area contributed by atoms with Gasteiger partial charge in [0.05, 0.1) is 0 Å². The molecule has 0 aliphatic rings. The van der Waals surface area contributed by atoms with Crippen LogP contribution < -0.4 is 5.32 Å². The Morgan fingerprint density at radius 2 is 2.44 bits per heavy atom. The number of aromatic nitrogens is 3. The molecule has 0 saturated heterocycles. The van der Waals surface area contributed by atoms with Gasteiger partial charge in [-0.25, -0.2) is 0 Å². The van der Waals surface area contributed by atoms with Crippen molar-refractivity contribution in [3.63, 3.8) is 0 Å². The molecule has 0 spiro atoms. The van der Waals surface area contributed by atoms with Crippen molar-refractivity contribution in [2.45, 2.75) is 20.3 Å². The number of aryl methyl sites for hydroxylation is 2. The first kappa shape index (κ1) is 10.7. The predicted octanol–water partition coefficient (Wildman–Crippen LogP) is 1.65. The van der Waals surface area contributed by atoms with E-state index in [0.29, 0.717) is 17.9 Å². The maximum Gasteiger partial charge on any atom is 0.328 e. The standard InChI is InChI=1S/C9H10N4O2S/c1-3-7-10-9(15-12-7)11-8(14)6-4-5(2)16-13-6/h4H,3H2,1-2H3,(H,10,11,12,14). The zero-order chi connectivity index (χ0) is 11.5. The Morgan fingerprint density at radius 1 is 1.62 bits per heavy atom. The molecule has 84 valence electrons. The average molecular weight is 238 g/mol. The summed E-state index contributed by atoms with van der Waals surface area (Å²) in [5.41, 5.74) is 0.360. The van der Waals surface area contributed by atoms with Gasteiger partial charge in [0.25, 0.3) is 5.91 Å². The van der Waals surface area contributed by atoms with Crippen LogP contribution in [0.15, 0.2) is 10.6 Å². The third kappa shape index (κ3) is 2.25. The highest BCUT2D eigenvalue weighted by Crippen LogP contribution is 2.10. The molecule has 0 aliphatic carbocycles. The number of hydrogen-bond donors (Lipinski definition) is 1. The van der Waals surface area contributed by atoms with Crippen LogP contribution in [0.5, 0.6) is 0 Å². The molecule has 1 amide bonds. The van der Waals surface area contributed by atoms with Crippen LogP contribution in [0, 0.1) is 6.92 Å². The van der Waals surface area contributed by atoms with E-state index < -0.39 is 0 Å². The quantitative estimate of drug-likeness (QED) is 0.879. The third-order valence-electron chi connectivity index (χ3n) is 1.87. The summed E-state index contributed by atoms with van der Waals surface area (Å²) in [5.74, 6) is 0.223. The number of amides is 1. The summed E-state index contributed by atoms with van der Waals surface area (Å²) >= 11 is 1.28. The summed E-state index contributed by atoms with van der Waals surface area (Å²) in [6, 6.07) is 1.81. The van der Waals surface area contributed by atoms with Gasteiger partial charge in [-0.2, -0.15) is 9.36 Å². The van der Waals surface area contributed by atoms with Crippen LogP contribution in [0.4, 0.5) is 6.01 Å². The molecule has 0 radical (unpaired) electrons. The lowest BCUT2D eigenvalue weighted by molar-refractivity contribution is 0.101. The number of carbonyl (C=O) groups excluding carboxylic acids is 1. The first-order chi connectivity index (χ1) is 7.69. The zero-order valence-corrected chi connectivity index (χ0v) is 9.67. The Hall–Kier alpha value is -1.76. The van der Waals surface area contributed by atoms with E-state index in [1.807, 2.05) is 13.8 Å². The largest absolute Gasteiger partial charge is 0.328 e. The summed E-state index contributed by atoms with van der Waals surface area (Å²) in [6.07, 6.45) is 0.662. The number of hydrogen-bond acceptors (Lipinski definition) is 6. The predicted molar refractivity (Wildman–Crippen MR) is 58.5 cm³/mol. The first-order valence-electron chi connectivity index (χ1n) is 4.76. The molecule has 2 aromatic rings. The Balaban J connectivity index is 2.07. The second-order valence-corrected chi connectivity index (χ2v) is 4.16. The smallest absolute Gasteiger partial charge is 0.315 e. The molecule has 2 aromatic heterocycles. The van der Waals surface area contributed by atoms with Crippen molar-refractivity contribution in [3.8, 4) is 0 Å². The van der Waals surface area contributed by atoms with Crippen LogP contribution in [0.2, 0.25) is 0 Å². The van der Waals surface area contributed by atoms with E-state index in [9.17, 15) is 4.79 Å². The molecule has 1 N–H and O–H groups in total. The topological polar surface area (TPSA) is 80.9 Å². The highest BCUT2D eigenvalue weighted by Gasteiger charge is 2.13. The molecule has 7 heteroatoms. The van der Waals surface area contributed by atoms with Crippen molar-refractivity contribution in [2.24, 2.45) is 0 Å². The fourth-order valence-electron chi connectivity index (χ4n) is 1.08. The molecule has 0 unspecified atom stereocenters. The Bertz CT molecular complexity index is 505. The minimum atomic E-state index is -0.337. The molecule has 0 saturated carbocycles. The Kier molecular flexibility index (Phi) is 2.95. The summed E-state index contributed by atoms with van der Waals surface area (Å²) in [7, 11) is 0. The van der Waals surface area contributed by atoms with Gasteiger partial charge in [-0.05, 0) is 24.5 Å². The summed E-state index contributed by atoms with van der Waals surface area (Å²) in [5, 5.41) is 6.16. The Labute approximate surface area is 95.8 Å². The highest BCUT2D eigenvalue weighted by molar-refractivity contribution is 7.05. The van der Waals surface area contributed by atoms with E-state index in [0.717, 1.165) is 4.88 Å². The molecule has 6 nitrogen and oxygen atoms in total. The lowest BCUT2D eigenvalue weighted by atomic mass is 10.4. The van der Waals surface area contributed by atoms with Gasteiger partial charge >= 0.3 is 6.01 Å². The number of anilines is 1. The fraction of sp³-hybridized carbons (Fsp3) is 0.333. The van der Waals surface area contributed by atoms with Crippen molar-refractivity contribution in [1.29, 1.82) is 0 Å². The van der Waals surface area contributed by atoms with Crippen molar-refractivity contribution in [3.05, 3.63) is 22.5 Å². The molecule has 0 fully saturated rings. The molecule has 16 heavy (non-hydrogen) atoms. The zero-order valence-electron chi connectivity index (χ0n) is 8.85. The second kappa shape index (κ2) is 4.40. The van der Waals surface area contributed by atoms with Gasteiger partial charge in [0.2, 0.25) is 0 Å². The van der Waals surface area contributed by atoms with Crippen LogP contribution in [0.3, 0.4) is 0 Å². The third-order valence-corrected chi connectivity index (χ3v) is 2.56. The van der Waals surface area contributed by atoms with E-state index in [4.69, 9.17) is 4.52 Å². The number of nitrogens with zero attached hydrogens (tertiary/aromatic N) is 3. The number of carbonyl (C=O) groups is 1. The van der Waals surface area contributed by atoms with Crippen LogP contribution >= 0.6 is 11.5 Å². The molecular weight excluding hydrogens is 228 g/mol. The average Bonchev–Trinajstić information content (AvgIpc) is 2.87. The molecule has 2 rings (SSSR count). The SMILES string of the molecule is CCc1noc(NC(=O)c2cc(C)sn2)n1. The maximum absolute atomic E-state index is 11.6. The van der Waals surface area contributed by atoms with Gasteiger partial charge < -0.3 is 4.52 Å². The molecule has 0 aromatic carbocycles. The van der Waals surface area contributed by atoms with Gasteiger partial charge in [-0.1, -0.05) is 12.1 Å². The molecule has 0 bridgehead atoms. The normalized spacial score (nSPS) is 10.4. The van der Waals surface area contributed by atoms with Crippen LogP contribution in [0.1, 0.15) is 28.1 Å². The summed E-state index contributed by atoms with van der Waals surface area (Å²) in [4.78, 5) is 16.6. The van der Waals surface area contributed by atoms with Gasteiger partial charge in [0, 0.05) is 11.3 Å². The van der Waals surface area contributed by atoms with Crippen molar-refractivity contribution in [2.75, 3.05) is 5.32 Å². The van der Waals surface area contributed by atoms with E-state index in [-0.39, 0.29) is 11.9 Å². The van der Waals surface area contributed by atoms with Gasteiger partial charge in [0.15, 0.2) is 5.82 Å². The fourth-order valence-corrected chi connectivity index (χ4v) is 1.63. The summed E-state index contributed by atoms with van der Waals surface area (Å²) < 4.78 is 8.82. The van der Waals surface area contributed by atoms with Crippen molar-refractivity contribution < 1.29 is 9.32 Å². The van der Waals surface area contributed by atoms with Gasteiger partial charge in [-0.15, -0.1) is 0 Å². The van der Waals surface area contributed by atoms with Crippen LogP contribution in [-0.4, -0.2) is 20.4 Å². The lowest BCUT2D eigenvalue weighted by Crippen LogP contribution is -2.12. The van der Waals surface area contributed by atoms with E-state index in [1.165, 1.54) is 11.5 Å². The number of rotatable bonds is 3. The molecular formula is C9H10N4O2S. The van der Waals surface area contributed by atoms with E-state index in [2.05, 4.69) is 19.8 Å². The van der Waals surface area contributed by atoms with Crippen molar-refractivity contribution in [1.82, 2.24) is 14.5 Å². The second-order valence-electron chi connectivity index (χ2n) is 3.15. The number of nitrogens with one attached hydrogen (secondary N) is 1. The molecule has 0 atom stereocenters. The van der Waals surface area contributed by atoms with Gasteiger partial charge in [0.1, 0.15) is 5.69 Å². The lowest BCUT2D eigenvalue weighted by Gasteiger charge is -1.94. The monoisotopic (exact) mass is 238 g/mol. The first-order valence-corrected chi connectivity index (χ1v) is 5.53. The molecule has 2 heterocycles. The minimum absolute atomic E-state index is 0.104. The summed E-state index contributed by atoms with van der Waals surface area (Å²) in [6.45, 7) is 3.79. The minimum Gasteiger partial charge on any atom is -0.315 e. The van der Waals surface area contributed by atoms with E-state index in [1.54, 1.807) is 6.07 Å². The molecule has 0 aliphatic heterocycles.